The maximum atomic E-state index is 13.7. The summed E-state index contributed by atoms with van der Waals surface area (Å²) in [5, 5.41) is 13.5. The van der Waals surface area contributed by atoms with Crippen molar-refractivity contribution in [3.05, 3.63) is 64.2 Å². The average Bonchev–Trinajstić information content (AvgIpc) is 3.20. The number of benzene rings is 2. The number of rotatable bonds is 7. The average molecular weight is 449 g/mol. The van der Waals surface area contributed by atoms with E-state index >= 15 is 0 Å². The van der Waals surface area contributed by atoms with Crippen molar-refractivity contribution in [1.29, 1.82) is 0 Å². The van der Waals surface area contributed by atoms with Crippen molar-refractivity contribution in [2.75, 3.05) is 13.1 Å². The number of aliphatic carboxylic acids is 1. The van der Waals surface area contributed by atoms with E-state index in [1.54, 1.807) is 0 Å². The molecular formula is C27H29FN2O3. The first kappa shape index (κ1) is 21.8. The van der Waals surface area contributed by atoms with Crippen LogP contribution in [0.2, 0.25) is 0 Å². The number of halogens is 1. The molecule has 0 bridgehead atoms. The molecule has 5 rings (SSSR count). The van der Waals surface area contributed by atoms with Gasteiger partial charge in [-0.15, -0.1) is 0 Å². The fourth-order valence-corrected chi connectivity index (χ4v) is 5.07. The summed E-state index contributed by atoms with van der Waals surface area (Å²) in [5.41, 5.74) is 8.15. The molecule has 0 spiro atoms. The second kappa shape index (κ2) is 8.75. The van der Waals surface area contributed by atoms with Crippen molar-refractivity contribution >= 4 is 5.97 Å². The van der Waals surface area contributed by atoms with Crippen LogP contribution in [0.3, 0.4) is 0 Å². The lowest BCUT2D eigenvalue weighted by Gasteiger charge is -2.36. The standard InChI is InChI=1S/C27H29FN2O3/c1-16(2)9-18-4-5-20(11-21(18)12-28)26-24-8-6-19-10-17(3-7-23(19)25(24)29-33-26)13-30-14-22(15-30)27(31)32/h3-5,7,10-11,16,22H,6,8-9,12-15H2,1-2H3,(H,31,32). The molecule has 0 saturated carbocycles. The summed E-state index contributed by atoms with van der Waals surface area (Å²) in [4.78, 5) is 13.2. The van der Waals surface area contributed by atoms with Gasteiger partial charge in [-0.1, -0.05) is 49.3 Å². The quantitative estimate of drug-likeness (QED) is 0.532. The number of fused-ring (bicyclic) bond motifs is 3. The monoisotopic (exact) mass is 448 g/mol. The molecule has 3 aromatic rings. The van der Waals surface area contributed by atoms with Gasteiger partial charge in [-0.2, -0.15) is 0 Å². The van der Waals surface area contributed by atoms with Crippen LogP contribution in [0, 0.1) is 11.8 Å². The van der Waals surface area contributed by atoms with Crippen molar-refractivity contribution in [2.45, 2.75) is 46.3 Å². The molecule has 2 aromatic carbocycles. The van der Waals surface area contributed by atoms with Gasteiger partial charge in [0.1, 0.15) is 12.4 Å². The van der Waals surface area contributed by atoms with Crippen LogP contribution in [0.4, 0.5) is 4.39 Å². The lowest BCUT2D eigenvalue weighted by Crippen LogP contribution is -2.49. The first-order valence-electron chi connectivity index (χ1n) is 11.7. The van der Waals surface area contributed by atoms with Gasteiger partial charge in [0.25, 0.3) is 0 Å². The molecule has 1 fully saturated rings. The third-order valence-electron chi connectivity index (χ3n) is 6.81. The van der Waals surface area contributed by atoms with Crippen LogP contribution in [0.15, 0.2) is 40.9 Å². The first-order chi connectivity index (χ1) is 15.9. The van der Waals surface area contributed by atoms with Gasteiger partial charge in [-0.05, 0) is 53.5 Å². The maximum absolute atomic E-state index is 13.7. The van der Waals surface area contributed by atoms with Gasteiger partial charge in [-0.25, -0.2) is 4.39 Å². The summed E-state index contributed by atoms with van der Waals surface area (Å²) < 4.78 is 19.5. The van der Waals surface area contributed by atoms with Crippen LogP contribution in [0.5, 0.6) is 0 Å². The molecule has 0 atom stereocenters. The fourth-order valence-electron chi connectivity index (χ4n) is 5.07. The SMILES string of the molecule is CC(C)Cc1ccc(-c2onc3c2CCc2cc(CN4CC(C(=O)O)C4)ccc2-3)cc1CF. The zero-order valence-electron chi connectivity index (χ0n) is 19.1. The summed E-state index contributed by atoms with van der Waals surface area (Å²) >= 11 is 0. The number of nitrogens with zero attached hydrogens (tertiary/aromatic N) is 2. The Bertz CT molecular complexity index is 1190. The van der Waals surface area contributed by atoms with Crippen LogP contribution >= 0.6 is 0 Å². The Morgan fingerprint density at radius 3 is 2.73 bits per heavy atom. The van der Waals surface area contributed by atoms with E-state index in [0.29, 0.717) is 19.0 Å². The van der Waals surface area contributed by atoms with E-state index in [9.17, 15) is 9.18 Å². The van der Waals surface area contributed by atoms with Crippen LogP contribution in [-0.4, -0.2) is 34.2 Å². The minimum Gasteiger partial charge on any atom is -0.481 e. The Labute approximate surface area is 193 Å². The van der Waals surface area contributed by atoms with Crippen LogP contribution in [0.25, 0.3) is 22.6 Å². The largest absolute Gasteiger partial charge is 0.481 e. The number of aromatic nitrogens is 1. The molecule has 1 saturated heterocycles. The molecule has 1 aliphatic carbocycles. The molecule has 33 heavy (non-hydrogen) atoms. The van der Waals surface area contributed by atoms with E-state index in [0.717, 1.165) is 65.1 Å². The second-order valence-corrected chi connectivity index (χ2v) is 9.77. The van der Waals surface area contributed by atoms with Crippen molar-refractivity contribution in [3.8, 4) is 22.6 Å². The summed E-state index contributed by atoms with van der Waals surface area (Å²) in [6.45, 7) is 5.79. The summed E-state index contributed by atoms with van der Waals surface area (Å²) in [6, 6.07) is 12.4. The molecule has 0 radical (unpaired) electrons. The summed E-state index contributed by atoms with van der Waals surface area (Å²) in [5.74, 6) is 0.265. The highest BCUT2D eigenvalue weighted by Crippen LogP contribution is 2.39. The minimum atomic E-state index is -0.709. The summed E-state index contributed by atoms with van der Waals surface area (Å²) in [7, 11) is 0. The maximum Gasteiger partial charge on any atom is 0.309 e. The van der Waals surface area contributed by atoms with Crippen molar-refractivity contribution in [2.24, 2.45) is 11.8 Å². The van der Waals surface area contributed by atoms with Crippen LogP contribution < -0.4 is 0 Å². The predicted octanol–water partition coefficient (Wildman–Crippen LogP) is 5.29. The zero-order chi connectivity index (χ0) is 23.1. The highest BCUT2D eigenvalue weighted by Gasteiger charge is 2.32. The fraction of sp³-hybridized carbons (Fsp3) is 0.407. The van der Waals surface area contributed by atoms with Gasteiger partial charge >= 0.3 is 5.97 Å². The molecule has 6 heteroatoms. The van der Waals surface area contributed by atoms with Gasteiger partial charge < -0.3 is 9.63 Å². The molecule has 2 aliphatic rings. The Kier molecular flexibility index (Phi) is 5.79. The molecule has 0 amide bonds. The Morgan fingerprint density at radius 1 is 1.18 bits per heavy atom. The zero-order valence-corrected chi connectivity index (χ0v) is 19.1. The molecule has 5 nitrogen and oxygen atoms in total. The number of alkyl halides is 1. The van der Waals surface area contributed by atoms with Gasteiger partial charge in [-0.3, -0.25) is 9.69 Å². The number of hydrogen-bond donors (Lipinski definition) is 1. The van der Waals surface area contributed by atoms with Gasteiger partial charge in [0.15, 0.2) is 5.76 Å². The highest BCUT2D eigenvalue weighted by atomic mass is 19.1. The van der Waals surface area contributed by atoms with Crippen molar-refractivity contribution in [1.82, 2.24) is 10.1 Å². The highest BCUT2D eigenvalue weighted by molar-refractivity contribution is 5.77. The van der Waals surface area contributed by atoms with E-state index in [4.69, 9.17) is 9.63 Å². The second-order valence-electron chi connectivity index (χ2n) is 9.77. The Morgan fingerprint density at radius 2 is 2.00 bits per heavy atom. The molecule has 1 aliphatic heterocycles. The topological polar surface area (TPSA) is 66.6 Å². The molecule has 1 N–H and O–H groups in total. The molecular weight excluding hydrogens is 419 g/mol. The first-order valence-corrected chi connectivity index (χ1v) is 11.7. The van der Waals surface area contributed by atoms with Gasteiger partial charge in [0.05, 0.1) is 5.92 Å². The van der Waals surface area contributed by atoms with E-state index in [1.165, 1.54) is 11.1 Å². The smallest absolute Gasteiger partial charge is 0.309 e. The summed E-state index contributed by atoms with van der Waals surface area (Å²) in [6.07, 6.45) is 2.58. The van der Waals surface area contributed by atoms with Crippen molar-refractivity contribution in [3.63, 3.8) is 0 Å². The number of hydrogen-bond acceptors (Lipinski definition) is 4. The van der Waals surface area contributed by atoms with Crippen molar-refractivity contribution < 1.29 is 18.8 Å². The lowest BCUT2D eigenvalue weighted by atomic mass is 9.86. The number of likely N-dealkylation sites (tertiary alicyclic amines) is 1. The third-order valence-corrected chi connectivity index (χ3v) is 6.81. The van der Waals surface area contributed by atoms with Crippen LogP contribution in [0.1, 0.15) is 41.7 Å². The van der Waals surface area contributed by atoms with Gasteiger partial charge in [0, 0.05) is 36.3 Å². The van der Waals surface area contributed by atoms with E-state index in [2.05, 4.69) is 42.1 Å². The normalized spacial score (nSPS) is 15.9. The number of carboxylic acid groups (broad SMARTS) is 1. The number of carbonyl (C=O) groups is 1. The molecule has 172 valence electrons. The van der Waals surface area contributed by atoms with Gasteiger partial charge in [0.2, 0.25) is 0 Å². The minimum absolute atomic E-state index is 0.240. The third kappa shape index (κ3) is 4.20. The lowest BCUT2D eigenvalue weighted by molar-refractivity contribution is -0.147. The van der Waals surface area contributed by atoms with Crippen LogP contribution in [-0.2, 0) is 37.3 Å². The predicted molar refractivity (Wildman–Crippen MR) is 125 cm³/mol. The Hall–Kier alpha value is -2.99. The van der Waals surface area contributed by atoms with E-state index < -0.39 is 12.6 Å². The number of aryl methyl sites for hydroxylation is 1. The molecule has 1 aromatic heterocycles. The molecule has 0 unspecified atom stereocenters. The molecule has 2 heterocycles. The Balaban J connectivity index is 1.38. The van der Waals surface area contributed by atoms with E-state index in [1.807, 2.05) is 18.2 Å². The van der Waals surface area contributed by atoms with E-state index in [-0.39, 0.29) is 5.92 Å². The number of carboxylic acids is 1.